The Hall–Kier alpha value is -13.4. The fourth-order valence-electron chi connectivity index (χ4n) is 16.4. The number of hydrogen-bond acceptors (Lipinski definition) is 8. The van der Waals surface area contributed by atoms with Crippen LogP contribution in [0.2, 0.25) is 5.28 Å². The van der Waals surface area contributed by atoms with Crippen molar-refractivity contribution in [3.8, 4) is 50.7 Å². The summed E-state index contributed by atoms with van der Waals surface area (Å²) in [5.74, 6) is 0.584. The summed E-state index contributed by atoms with van der Waals surface area (Å²) >= 11 is 9.97. The standard InChI is InChI=1S/C48H27N3OS.C26H15ClN2O.C22H13NS/c1-2-12-31-27-32(26-23-28(31)11-1)29-21-24-30(25-22-29)44-43-36-16-6-9-19-39(36)52-47(43)50-48(49-44)51-38-18-8-5-15-35(38)41-42-37-17-7-10-20-40(37)53-46(42)34-14-4-3-13-33(34)45(41)51;27-26-28-24(23-21-7-3-4-8-22(21)30-25(23)29-26)18-12-9-17(10-13-18)20-14-11-16-5-1-2-6-19(16)15-20;1-2-8-14-13(7-1)21-19(15-9-3-5-11-17(15)23-21)20-16-10-4-6-12-18(16)24-22(14)20/h1-27H;1-15H;1-12,23H. The Labute approximate surface area is 622 Å². The minimum absolute atomic E-state index is 0.176. The molecule has 0 saturated carbocycles. The minimum atomic E-state index is 0.176. The van der Waals surface area contributed by atoms with Crippen molar-refractivity contribution in [1.29, 1.82) is 0 Å². The van der Waals surface area contributed by atoms with Crippen molar-refractivity contribution in [1.82, 2.24) is 29.5 Å². The fourth-order valence-corrected chi connectivity index (χ4v) is 19.1. The third-order valence-electron chi connectivity index (χ3n) is 21.3. The lowest BCUT2D eigenvalue weighted by molar-refractivity contribution is 0.651. The molecule has 500 valence electrons. The molecule has 0 fully saturated rings. The van der Waals surface area contributed by atoms with Gasteiger partial charge in [-0.3, -0.25) is 4.57 Å². The lowest BCUT2D eigenvalue weighted by Gasteiger charge is -2.12. The maximum absolute atomic E-state index is 6.55. The summed E-state index contributed by atoms with van der Waals surface area (Å²) < 4.78 is 20.0. The van der Waals surface area contributed by atoms with Crippen molar-refractivity contribution in [2.75, 3.05) is 0 Å². The van der Waals surface area contributed by atoms with E-state index < -0.39 is 0 Å². The first-order chi connectivity index (χ1) is 53.0. The number of furan rings is 2. The second kappa shape index (κ2) is 24.4. The van der Waals surface area contributed by atoms with Crippen molar-refractivity contribution < 1.29 is 8.83 Å². The molecular formula is C96H55ClN6O2S2. The number of nitrogens with zero attached hydrogens (tertiary/aromatic N) is 5. The minimum Gasteiger partial charge on any atom is -0.438 e. The van der Waals surface area contributed by atoms with Crippen LogP contribution in [0.5, 0.6) is 0 Å². The van der Waals surface area contributed by atoms with Gasteiger partial charge in [-0.15, -0.1) is 22.7 Å². The molecule has 107 heavy (non-hydrogen) atoms. The Morgan fingerprint density at radius 1 is 0.299 bits per heavy atom. The number of hydrogen-bond donors (Lipinski definition) is 1. The Morgan fingerprint density at radius 3 is 1.31 bits per heavy atom. The lowest BCUT2D eigenvalue weighted by atomic mass is 9.99. The van der Waals surface area contributed by atoms with E-state index in [1.54, 1.807) is 0 Å². The molecule has 0 aliphatic carbocycles. The highest BCUT2D eigenvalue weighted by Crippen LogP contribution is 2.50. The molecular weight excluding hydrogens is 1370 g/mol. The van der Waals surface area contributed by atoms with E-state index in [0.29, 0.717) is 17.4 Å². The third-order valence-corrected chi connectivity index (χ3v) is 23.8. The number of rotatable bonds is 5. The normalized spacial score (nSPS) is 12.0. The molecule has 16 aromatic carbocycles. The zero-order valence-corrected chi connectivity index (χ0v) is 59.3. The predicted octanol–water partition coefficient (Wildman–Crippen LogP) is 27.8. The zero-order valence-electron chi connectivity index (χ0n) is 56.9. The first-order valence-corrected chi connectivity index (χ1v) is 37.7. The number of aromatic amines is 1. The van der Waals surface area contributed by atoms with Gasteiger partial charge in [-0.25, -0.2) is 9.97 Å². The SMILES string of the molecule is Clc1nc(-c2ccc(-c3ccc4ccccc4c3)cc2)c2c(n1)oc1ccccc12.c1ccc2c(c1)[nH]c1c3ccccc3c3sc4ccccc4c3c21.c1ccc2cc(-c3ccc(-c4nc(-n5c6ccccc6c6c7c8ccccc8sc7c7ccccc7c65)nc5oc6ccccc6c45)cc3)ccc2c1. The number of halogens is 1. The molecule has 0 atom stereocenters. The smallest absolute Gasteiger partial charge is 0.238 e. The molecule has 8 aromatic heterocycles. The topological polar surface area (TPSA) is 98.6 Å². The Kier molecular flexibility index (Phi) is 13.9. The van der Waals surface area contributed by atoms with E-state index in [9.17, 15) is 0 Å². The monoisotopic (exact) mass is 1420 g/mol. The molecule has 8 nitrogen and oxygen atoms in total. The molecule has 1 N–H and O–H groups in total. The van der Waals surface area contributed by atoms with E-state index in [2.05, 4.69) is 305 Å². The summed E-state index contributed by atoms with van der Waals surface area (Å²) in [6.07, 6.45) is 0. The van der Waals surface area contributed by atoms with Gasteiger partial charge in [0.05, 0.1) is 38.7 Å². The van der Waals surface area contributed by atoms with Gasteiger partial charge < -0.3 is 13.8 Å². The van der Waals surface area contributed by atoms with Gasteiger partial charge in [0.25, 0.3) is 0 Å². The van der Waals surface area contributed by atoms with E-state index in [-0.39, 0.29) is 5.28 Å². The lowest BCUT2D eigenvalue weighted by Crippen LogP contribution is -2.03. The van der Waals surface area contributed by atoms with Crippen LogP contribution in [0, 0.1) is 0 Å². The van der Waals surface area contributed by atoms with E-state index in [0.717, 1.165) is 77.4 Å². The van der Waals surface area contributed by atoms with Gasteiger partial charge in [-0.2, -0.15) is 9.97 Å². The van der Waals surface area contributed by atoms with Crippen LogP contribution in [0.4, 0.5) is 0 Å². The van der Waals surface area contributed by atoms with Crippen LogP contribution < -0.4 is 0 Å². The number of thiophene rings is 2. The predicted molar refractivity (Wildman–Crippen MR) is 451 cm³/mol. The largest absolute Gasteiger partial charge is 0.438 e. The van der Waals surface area contributed by atoms with Gasteiger partial charge in [0.2, 0.25) is 22.7 Å². The fraction of sp³-hybridized carbons (Fsp3) is 0. The second-order valence-corrected chi connectivity index (χ2v) is 29.7. The number of fused-ring (bicyclic) bond motifs is 28. The van der Waals surface area contributed by atoms with Crippen LogP contribution in [0.1, 0.15) is 0 Å². The van der Waals surface area contributed by atoms with Gasteiger partial charge in [0.15, 0.2) is 0 Å². The molecule has 8 heterocycles. The van der Waals surface area contributed by atoms with Gasteiger partial charge in [-0.05, 0) is 104 Å². The molecule has 0 aliphatic rings. The maximum atomic E-state index is 6.55. The van der Waals surface area contributed by atoms with Crippen molar-refractivity contribution >= 4 is 205 Å². The average Bonchev–Trinajstić information content (AvgIpc) is 1.54. The molecule has 24 rings (SSSR count). The number of benzene rings is 16. The van der Waals surface area contributed by atoms with Crippen LogP contribution >= 0.6 is 34.3 Å². The van der Waals surface area contributed by atoms with Crippen LogP contribution in [0.25, 0.3) is 222 Å². The third kappa shape index (κ3) is 9.81. The molecule has 0 spiro atoms. The molecule has 0 bridgehead atoms. The van der Waals surface area contributed by atoms with E-state index >= 15 is 0 Å². The van der Waals surface area contributed by atoms with Crippen LogP contribution in [-0.4, -0.2) is 29.5 Å². The summed E-state index contributed by atoms with van der Waals surface area (Å²) in [6, 6.07) is 116. The summed E-state index contributed by atoms with van der Waals surface area (Å²) in [5.41, 5.74) is 15.5. The summed E-state index contributed by atoms with van der Waals surface area (Å²) in [6.45, 7) is 0. The highest BCUT2D eigenvalue weighted by atomic mass is 35.5. The van der Waals surface area contributed by atoms with E-state index in [4.69, 9.17) is 30.4 Å². The molecule has 0 unspecified atom stereocenters. The molecule has 0 aliphatic heterocycles. The van der Waals surface area contributed by atoms with Crippen molar-refractivity contribution in [3.05, 3.63) is 333 Å². The van der Waals surface area contributed by atoms with Gasteiger partial charge in [-0.1, -0.05) is 279 Å². The number of nitrogens with one attached hydrogen (secondary N) is 1. The van der Waals surface area contributed by atoms with Crippen molar-refractivity contribution in [2.45, 2.75) is 0 Å². The van der Waals surface area contributed by atoms with Gasteiger partial charge in [0.1, 0.15) is 11.2 Å². The number of H-pyrrole nitrogens is 1. The molecule has 24 aromatic rings. The van der Waals surface area contributed by atoms with Crippen LogP contribution in [0.15, 0.2) is 336 Å². The first kappa shape index (κ1) is 61.2. The Morgan fingerprint density at radius 2 is 0.720 bits per heavy atom. The maximum Gasteiger partial charge on any atom is 0.238 e. The van der Waals surface area contributed by atoms with Gasteiger partial charge in [0, 0.05) is 111 Å². The number of para-hydroxylation sites is 4. The summed E-state index contributed by atoms with van der Waals surface area (Å²) in [7, 11) is 0. The quantitative estimate of drug-likeness (QED) is 0.172. The van der Waals surface area contributed by atoms with E-state index in [1.165, 1.54) is 127 Å². The second-order valence-electron chi connectivity index (χ2n) is 27.2. The Bertz CT molecular complexity index is 7690. The average molecular weight is 1420 g/mol. The Balaban J connectivity index is 0.000000111. The van der Waals surface area contributed by atoms with Crippen LogP contribution in [-0.2, 0) is 0 Å². The first-order valence-electron chi connectivity index (χ1n) is 35.7. The number of aromatic nitrogens is 6. The van der Waals surface area contributed by atoms with E-state index in [1.807, 2.05) is 65.1 Å². The summed E-state index contributed by atoms with van der Waals surface area (Å²) in [4.78, 5) is 23.3. The van der Waals surface area contributed by atoms with Crippen LogP contribution in [0.3, 0.4) is 0 Å². The van der Waals surface area contributed by atoms with Crippen molar-refractivity contribution in [3.63, 3.8) is 0 Å². The molecule has 0 radical (unpaired) electrons. The zero-order chi connectivity index (χ0) is 70.4. The molecule has 0 amide bonds. The highest BCUT2D eigenvalue weighted by molar-refractivity contribution is 7.27. The van der Waals surface area contributed by atoms with Gasteiger partial charge >= 0.3 is 0 Å². The van der Waals surface area contributed by atoms with Crippen molar-refractivity contribution in [2.24, 2.45) is 0 Å². The molecule has 0 saturated heterocycles. The summed E-state index contributed by atoms with van der Waals surface area (Å²) in [5, 5.41) is 24.3. The molecule has 11 heteroatoms. The highest BCUT2D eigenvalue weighted by Gasteiger charge is 2.26.